The van der Waals surface area contributed by atoms with Crippen molar-refractivity contribution in [2.75, 3.05) is 13.2 Å². The second-order valence-corrected chi connectivity index (χ2v) is 4.82. The number of nitrogens with one attached hydrogen (secondary N) is 2. The summed E-state index contributed by atoms with van der Waals surface area (Å²) in [4.78, 5) is 23.0. The topological polar surface area (TPSA) is 78.4 Å². The molecule has 5 nitrogen and oxygen atoms in total. The standard InChI is InChI=1S/C14H19ClN2O3/c1-2-3-13(19)16-8-14(20)17-12(9-18)10-4-6-11(15)7-5-10/h4-7,12,18H,2-3,8-9H2,1H3,(H,16,19)(H,17,20). The first-order chi connectivity index (χ1) is 9.56. The summed E-state index contributed by atoms with van der Waals surface area (Å²) in [6, 6.07) is 6.34. The second kappa shape index (κ2) is 8.55. The van der Waals surface area contributed by atoms with Crippen LogP contribution in [0.3, 0.4) is 0 Å². The Hall–Kier alpha value is -1.59. The largest absolute Gasteiger partial charge is 0.394 e. The Balaban J connectivity index is 2.49. The van der Waals surface area contributed by atoms with E-state index in [1.165, 1.54) is 0 Å². The Labute approximate surface area is 123 Å². The van der Waals surface area contributed by atoms with Crippen molar-refractivity contribution in [2.45, 2.75) is 25.8 Å². The van der Waals surface area contributed by atoms with E-state index in [-0.39, 0.29) is 25.0 Å². The highest BCUT2D eigenvalue weighted by Crippen LogP contribution is 2.15. The summed E-state index contributed by atoms with van der Waals surface area (Å²) < 4.78 is 0. The van der Waals surface area contributed by atoms with E-state index in [0.29, 0.717) is 11.4 Å². The molecule has 3 N–H and O–H groups in total. The molecule has 0 saturated carbocycles. The Morgan fingerprint density at radius 1 is 1.25 bits per heavy atom. The molecular formula is C14H19ClN2O3. The van der Waals surface area contributed by atoms with E-state index in [1.807, 2.05) is 6.92 Å². The average Bonchev–Trinajstić information content (AvgIpc) is 2.44. The van der Waals surface area contributed by atoms with Crippen molar-refractivity contribution in [3.8, 4) is 0 Å². The zero-order valence-electron chi connectivity index (χ0n) is 11.4. The number of carbonyl (C=O) groups excluding carboxylic acids is 2. The molecule has 0 aromatic heterocycles. The average molecular weight is 299 g/mol. The number of carbonyl (C=O) groups is 2. The minimum absolute atomic E-state index is 0.0943. The fraction of sp³-hybridized carbons (Fsp3) is 0.429. The number of aliphatic hydroxyl groups is 1. The van der Waals surface area contributed by atoms with Crippen LogP contribution in [0, 0.1) is 0 Å². The molecule has 0 radical (unpaired) electrons. The Bertz CT molecular complexity index is 448. The van der Waals surface area contributed by atoms with Crippen molar-refractivity contribution in [3.05, 3.63) is 34.9 Å². The van der Waals surface area contributed by atoms with Crippen LogP contribution in [-0.2, 0) is 9.59 Å². The molecule has 0 bridgehead atoms. The van der Waals surface area contributed by atoms with E-state index in [9.17, 15) is 14.7 Å². The summed E-state index contributed by atoms with van der Waals surface area (Å²) in [5.74, 6) is -0.502. The van der Waals surface area contributed by atoms with Gasteiger partial charge in [0.2, 0.25) is 11.8 Å². The van der Waals surface area contributed by atoms with Gasteiger partial charge in [0.1, 0.15) is 0 Å². The summed E-state index contributed by atoms with van der Waals surface area (Å²) in [7, 11) is 0. The molecule has 1 rings (SSSR count). The van der Waals surface area contributed by atoms with E-state index in [0.717, 1.165) is 12.0 Å². The lowest BCUT2D eigenvalue weighted by Gasteiger charge is -2.17. The maximum absolute atomic E-state index is 11.7. The first-order valence-corrected chi connectivity index (χ1v) is 6.87. The normalized spacial score (nSPS) is 11.8. The van der Waals surface area contributed by atoms with Gasteiger partial charge in [-0.2, -0.15) is 0 Å². The van der Waals surface area contributed by atoms with Crippen molar-refractivity contribution < 1.29 is 14.7 Å². The third kappa shape index (κ3) is 5.59. The molecule has 0 aliphatic heterocycles. The first kappa shape index (κ1) is 16.5. The van der Waals surface area contributed by atoms with Gasteiger partial charge in [0.25, 0.3) is 0 Å². The molecule has 1 atom stereocenters. The molecule has 0 saturated heterocycles. The van der Waals surface area contributed by atoms with E-state index >= 15 is 0 Å². The van der Waals surface area contributed by atoms with Crippen molar-refractivity contribution in [1.82, 2.24) is 10.6 Å². The maximum Gasteiger partial charge on any atom is 0.239 e. The monoisotopic (exact) mass is 298 g/mol. The number of aliphatic hydroxyl groups excluding tert-OH is 1. The van der Waals surface area contributed by atoms with Gasteiger partial charge in [-0.3, -0.25) is 9.59 Å². The Kier molecular flexibility index (Phi) is 7.04. The van der Waals surface area contributed by atoms with Crippen molar-refractivity contribution in [3.63, 3.8) is 0 Å². The lowest BCUT2D eigenvalue weighted by Crippen LogP contribution is -2.39. The number of benzene rings is 1. The van der Waals surface area contributed by atoms with Crippen LogP contribution < -0.4 is 10.6 Å². The van der Waals surface area contributed by atoms with Gasteiger partial charge < -0.3 is 15.7 Å². The number of rotatable bonds is 7. The molecule has 0 fully saturated rings. The molecule has 1 aromatic rings. The Morgan fingerprint density at radius 3 is 2.45 bits per heavy atom. The van der Waals surface area contributed by atoms with Crippen molar-refractivity contribution >= 4 is 23.4 Å². The molecule has 1 aromatic carbocycles. The first-order valence-electron chi connectivity index (χ1n) is 6.49. The second-order valence-electron chi connectivity index (χ2n) is 4.38. The molecule has 0 aliphatic carbocycles. The minimum Gasteiger partial charge on any atom is -0.394 e. The number of halogens is 1. The molecule has 1 unspecified atom stereocenters. The van der Waals surface area contributed by atoms with Gasteiger partial charge in [0.15, 0.2) is 0 Å². The lowest BCUT2D eigenvalue weighted by molar-refractivity contribution is -0.126. The SMILES string of the molecule is CCCC(=O)NCC(=O)NC(CO)c1ccc(Cl)cc1. The van der Waals surface area contributed by atoms with Gasteiger partial charge >= 0.3 is 0 Å². The van der Waals surface area contributed by atoms with Gasteiger partial charge in [-0.05, 0) is 24.1 Å². The fourth-order valence-corrected chi connectivity index (χ4v) is 1.80. The smallest absolute Gasteiger partial charge is 0.239 e. The number of amides is 2. The molecule has 6 heteroatoms. The van der Waals surface area contributed by atoms with Crippen molar-refractivity contribution in [2.24, 2.45) is 0 Å². The van der Waals surface area contributed by atoms with Crippen LogP contribution in [0.4, 0.5) is 0 Å². The van der Waals surface area contributed by atoms with Crippen molar-refractivity contribution in [1.29, 1.82) is 0 Å². The van der Waals surface area contributed by atoms with E-state index in [1.54, 1.807) is 24.3 Å². The summed E-state index contributed by atoms with van der Waals surface area (Å²) >= 11 is 5.78. The molecule has 2 amide bonds. The Morgan fingerprint density at radius 2 is 1.90 bits per heavy atom. The van der Waals surface area contributed by atoms with E-state index < -0.39 is 6.04 Å². The van der Waals surface area contributed by atoms with Gasteiger partial charge in [-0.15, -0.1) is 0 Å². The third-order valence-corrected chi connectivity index (χ3v) is 2.97. The third-order valence-electron chi connectivity index (χ3n) is 2.71. The van der Waals surface area contributed by atoms with Crippen LogP contribution >= 0.6 is 11.6 Å². The molecule has 0 aliphatic rings. The molecule has 0 spiro atoms. The molecular weight excluding hydrogens is 280 g/mol. The molecule has 20 heavy (non-hydrogen) atoms. The predicted molar refractivity (Wildman–Crippen MR) is 77.3 cm³/mol. The number of hydrogen-bond donors (Lipinski definition) is 3. The highest BCUT2D eigenvalue weighted by Gasteiger charge is 2.14. The van der Waals surface area contributed by atoms with Crippen LogP contribution in [0.25, 0.3) is 0 Å². The molecule has 0 heterocycles. The predicted octanol–water partition coefficient (Wildman–Crippen LogP) is 1.41. The fourth-order valence-electron chi connectivity index (χ4n) is 1.67. The molecule has 110 valence electrons. The van der Waals surface area contributed by atoms with Crippen LogP contribution in [0.2, 0.25) is 5.02 Å². The van der Waals surface area contributed by atoms with Crippen LogP contribution in [0.1, 0.15) is 31.4 Å². The quantitative estimate of drug-likeness (QED) is 0.712. The number of hydrogen-bond acceptors (Lipinski definition) is 3. The van der Waals surface area contributed by atoms with E-state index in [4.69, 9.17) is 11.6 Å². The van der Waals surface area contributed by atoms with Gasteiger partial charge in [-0.25, -0.2) is 0 Å². The summed E-state index contributed by atoms with van der Waals surface area (Å²) in [6.45, 7) is 1.57. The van der Waals surface area contributed by atoms with Gasteiger partial charge in [0.05, 0.1) is 19.2 Å². The highest BCUT2D eigenvalue weighted by atomic mass is 35.5. The summed E-state index contributed by atoms with van der Waals surface area (Å²) in [5, 5.41) is 15.1. The maximum atomic E-state index is 11.7. The minimum atomic E-state index is -0.511. The highest BCUT2D eigenvalue weighted by molar-refractivity contribution is 6.30. The van der Waals surface area contributed by atoms with Gasteiger partial charge in [0, 0.05) is 11.4 Å². The lowest BCUT2D eigenvalue weighted by atomic mass is 10.1. The zero-order valence-corrected chi connectivity index (χ0v) is 12.1. The van der Waals surface area contributed by atoms with Crippen LogP contribution in [0.5, 0.6) is 0 Å². The summed E-state index contributed by atoms with van der Waals surface area (Å²) in [6.07, 6.45) is 1.13. The van der Waals surface area contributed by atoms with E-state index in [2.05, 4.69) is 10.6 Å². The summed E-state index contributed by atoms with van der Waals surface area (Å²) in [5.41, 5.74) is 0.755. The van der Waals surface area contributed by atoms with Crippen LogP contribution in [0.15, 0.2) is 24.3 Å². The zero-order chi connectivity index (χ0) is 15.0. The van der Waals surface area contributed by atoms with Gasteiger partial charge in [-0.1, -0.05) is 30.7 Å². The van der Waals surface area contributed by atoms with Crippen LogP contribution in [-0.4, -0.2) is 30.1 Å².